The van der Waals surface area contributed by atoms with Gasteiger partial charge in [0.1, 0.15) is 5.56 Å². The Balaban J connectivity index is 0.00000132. The Kier molecular flexibility index (Phi) is 11.9. The number of ketones is 1. The number of rotatable bonds is 4. The quantitative estimate of drug-likeness (QED) is 0.295. The number of benzene rings is 1. The summed E-state index contributed by atoms with van der Waals surface area (Å²) in [7, 11) is 0. The van der Waals surface area contributed by atoms with Crippen LogP contribution in [-0.2, 0) is 26.1 Å². The first-order chi connectivity index (χ1) is 14.1. The van der Waals surface area contributed by atoms with Gasteiger partial charge >= 0.3 is 5.97 Å². The van der Waals surface area contributed by atoms with Crippen LogP contribution in [-0.4, -0.2) is 18.4 Å². The minimum Gasteiger partial charge on any atom is -0.462 e. The lowest BCUT2D eigenvalue weighted by Gasteiger charge is -2.13. The van der Waals surface area contributed by atoms with Crippen molar-refractivity contribution in [3.8, 4) is 11.5 Å². The molecule has 0 spiro atoms. The lowest BCUT2D eigenvalue weighted by Crippen LogP contribution is -2.14. The van der Waals surface area contributed by atoms with E-state index in [-0.39, 0.29) is 35.7 Å². The van der Waals surface area contributed by atoms with Crippen molar-refractivity contribution in [1.82, 2.24) is 0 Å². The van der Waals surface area contributed by atoms with Gasteiger partial charge in [-0.25, -0.2) is 4.79 Å². The van der Waals surface area contributed by atoms with Gasteiger partial charge in [0.25, 0.3) is 0 Å². The van der Waals surface area contributed by atoms with Crippen LogP contribution in [0.5, 0.6) is 11.5 Å². The van der Waals surface area contributed by atoms with Crippen molar-refractivity contribution in [3.05, 3.63) is 47.6 Å². The summed E-state index contributed by atoms with van der Waals surface area (Å²) >= 11 is 0. The van der Waals surface area contributed by atoms with Crippen molar-refractivity contribution in [1.29, 1.82) is 0 Å². The van der Waals surface area contributed by atoms with Gasteiger partial charge in [0, 0.05) is 22.7 Å². The molecule has 0 N–H and O–H groups in total. The normalized spacial score (nSPS) is 17.0. The predicted molar refractivity (Wildman–Crippen MR) is 99.2 cm³/mol. The summed E-state index contributed by atoms with van der Waals surface area (Å²) in [5, 5.41) is 6.16. The lowest BCUT2D eigenvalue weighted by molar-refractivity contribution is -0.371. The number of hydrogen-bond acceptors (Lipinski definition) is 7. The summed E-state index contributed by atoms with van der Waals surface area (Å²) < 4.78 is 29.3. The molecular formula is C20H24F2O7. The minimum atomic E-state index is -0.859. The first kappa shape index (κ1) is 24.3. The third-order valence-corrected chi connectivity index (χ3v) is 3.46. The van der Waals surface area contributed by atoms with Gasteiger partial charge in [0.05, 0.1) is 6.61 Å². The highest BCUT2D eigenvalue weighted by Gasteiger charge is 2.24. The monoisotopic (exact) mass is 414 g/mol. The molecule has 0 atom stereocenters. The van der Waals surface area contributed by atoms with Gasteiger partial charge in [-0.15, -0.1) is 0 Å². The van der Waals surface area contributed by atoms with E-state index in [0.717, 1.165) is 12.5 Å². The fourth-order valence-electron chi connectivity index (χ4n) is 2.38. The van der Waals surface area contributed by atoms with Crippen LogP contribution in [0.25, 0.3) is 0 Å². The molecule has 0 fully saturated rings. The van der Waals surface area contributed by atoms with E-state index in [4.69, 9.17) is 4.74 Å². The summed E-state index contributed by atoms with van der Waals surface area (Å²) in [6.07, 6.45) is 9.69. The molecule has 2 rings (SSSR count). The Morgan fingerprint density at radius 1 is 0.966 bits per heavy atom. The lowest BCUT2D eigenvalue weighted by atomic mass is 10.00. The molecule has 0 radical (unpaired) electrons. The molecule has 0 aromatic heterocycles. The summed E-state index contributed by atoms with van der Waals surface area (Å²) in [6.45, 7) is 4.32. The van der Waals surface area contributed by atoms with Crippen LogP contribution in [0, 0.1) is 0 Å². The van der Waals surface area contributed by atoms with Gasteiger partial charge in [0.15, 0.2) is 17.3 Å². The van der Waals surface area contributed by atoms with Crippen LogP contribution in [0.4, 0.5) is 9.05 Å². The van der Waals surface area contributed by atoms with E-state index in [1.807, 2.05) is 12.2 Å². The summed E-state index contributed by atoms with van der Waals surface area (Å²) in [5.74, 6) is -1.93. The smallest absolute Gasteiger partial charge is 0.342 e. The molecule has 160 valence electrons. The molecule has 1 aromatic rings. The van der Waals surface area contributed by atoms with Gasteiger partial charge in [-0.05, 0) is 46.0 Å². The number of carbonyl (C=O) groups excluding carboxylic acids is 2. The number of ether oxygens (including phenoxy) is 1. The second-order valence-corrected chi connectivity index (χ2v) is 5.97. The molecule has 0 amide bonds. The van der Waals surface area contributed by atoms with Gasteiger partial charge in [-0.3, -0.25) is 4.79 Å². The zero-order valence-electron chi connectivity index (χ0n) is 16.3. The van der Waals surface area contributed by atoms with E-state index in [1.165, 1.54) is 18.6 Å². The zero-order valence-corrected chi connectivity index (χ0v) is 16.3. The first-order valence-electron chi connectivity index (χ1n) is 9.16. The highest BCUT2D eigenvalue weighted by Crippen LogP contribution is 2.31. The summed E-state index contributed by atoms with van der Waals surface area (Å²) in [4.78, 5) is 33.0. The Morgan fingerprint density at radius 3 is 2.31 bits per heavy atom. The van der Waals surface area contributed by atoms with Gasteiger partial charge in [-0.1, -0.05) is 38.5 Å². The van der Waals surface area contributed by atoms with Crippen LogP contribution in [0.3, 0.4) is 0 Å². The van der Waals surface area contributed by atoms with E-state index < -0.39 is 11.7 Å². The second kappa shape index (κ2) is 14.3. The second-order valence-electron chi connectivity index (χ2n) is 5.97. The predicted octanol–water partition coefficient (Wildman–Crippen LogP) is 5.06. The van der Waals surface area contributed by atoms with Crippen molar-refractivity contribution in [2.24, 2.45) is 0 Å². The molecule has 1 aliphatic rings. The van der Waals surface area contributed by atoms with E-state index >= 15 is 0 Å². The number of allylic oxidation sites excluding steroid dienone is 3. The fraction of sp³-hybridized carbons (Fsp3) is 0.400. The zero-order chi connectivity index (χ0) is 21.5. The average Bonchev–Trinajstić information content (AvgIpc) is 2.67. The fourth-order valence-corrected chi connectivity index (χ4v) is 2.38. The van der Waals surface area contributed by atoms with Crippen LogP contribution < -0.4 is 9.78 Å². The molecule has 29 heavy (non-hydrogen) atoms. The molecule has 0 saturated heterocycles. The largest absolute Gasteiger partial charge is 0.462 e. The molecule has 1 aliphatic heterocycles. The average molecular weight is 414 g/mol. The van der Waals surface area contributed by atoms with Gasteiger partial charge in [0.2, 0.25) is 0 Å². The van der Waals surface area contributed by atoms with Gasteiger partial charge in [-0.2, -0.15) is 0 Å². The van der Waals surface area contributed by atoms with Gasteiger partial charge < -0.3 is 14.5 Å². The number of hydrogen-bond donors (Lipinski definition) is 0. The SMILES string of the molecule is CCC.O=C1/C=C/CC/C=C/CCOC(=O)c2c(cc(OOF)cc2OOF)C1. The van der Waals surface area contributed by atoms with Crippen molar-refractivity contribution in [2.75, 3.05) is 6.61 Å². The third-order valence-electron chi connectivity index (χ3n) is 3.46. The number of esters is 1. The molecule has 0 saturated carbocycles. The summed E-state index contributed by atoms with van der Waals surface area (Å²) in [5.41, 5.74) is -0.171. The van der Waals surface area contributed by atoms with E-state index in [0.29, 0.717) is 12.8 Å². The molecule has 9 heteroatoms. The maximum Gasteiger partial charge on any atom is 0.342 e. The van der Waals surface area contributed by atoms with Crippen molar-refractivity contribution >= 4 is 11.8 Å². The number of carbonyl (C=O) groups is 2. The third kappa shape index (κ3) is 8.84. The molecule has 0 bridgehead atoms. The van der Waals surface area contributed by atoms with Crippen molar-refractivity contribution < 1.29 is 43.3 Å². The highest BCUT2D eigenvalue weighted by molar-refractivity contribution is 5.98. The maximum absolute atomic E-state index is 12.4. The van der Waals surface area contributed by atoms with Crippen LogP contribution in [0.15, 0.2) is 36.4 Å². The standard InChI is InChI=1S/C17H16F2O7.C3H8/c18-25-23-14-10-12-9-13(20)7-5-3-1-2-4-6-8-22-17(21)16(12)15(11-14)24-26-19;1-3-2/h2,4-5,7,10-11H,1,3,6,8-9H2;3H2,1-2H3/b4-2+,7-5+;. The van der Waals surface area contributed by atoms with E-state index in [2.05, 4.69) is 33.8 Å². The van der Waals surface area contributed by atoms with Crippen molar-refractivity contribution in [2.45, 2.75) is 46.0 Å². The highest BCUT2D eigenvalue weighted by atomic mass is 19.3. The summed E-state index contributed by atoms with van der Waals surface area (Å²) in [6, 6.07) is 2.13. The Hall–Kier alpha value is -2.78. The molecule has 0 unspecified atom stereocenters. The van der Waals surface area contributed by atoms with Crippen LogP contribution in [0.2, 0.25) is 0 Å². The van der Waals surface area contributed by atoms with Crippen molar-refractivity contribution in [3.63, 3.8) is 0 Å². The van der Waals surface area contributed by atoms with E-state index in [9.17, 15) is 18.6 Å². The molecule has 7 nitrogen and oxygen atoms in total. The van der Waals surface area contributed by atoms with E-state index in [1.54, 1.807) is 6.08 Å². The molecular weight excluding hydrogens is 390 g/mol. The number of halogens is 2. The Labute approximate surface area is 167 Å². The molecule has 0 aliphatic carbocycles. The number of fused-ring (bicyclic) bond motifs is 1. The molecule has 1 aromatic carbocycles. The molecule has 1 heterocycles. The number of cyclic esters (lactones) is 1. The maximum atomic E-state index is 12.4. The van der Waals surface area contributed by atoms with Crippen LogP contribution in [0.1, 0.15) is 55.5 Å². The van der Waals surface area contributed by atoms with Crippen LogP contribution >= 0.6 is 0 Å². The topological polar surface area (TPSA) is 80.3 Å². The Bertz CT molecular complexity index is 717. The minimum absolute atomic E-state index is 0.0684. The first-order valence-corrected chi connectivity index (χ1v) is 9.16. The Morgan fingerprint density at radius 2 is 1.62 bits per heavy atom.